The molecule has 1 aromatic rings. The topological polar surface area (TPSA) is 0 Å². The van der Waals surface area contributed by atoms with Gasteiger partial charge in [0.2, 0.25) is 0 Å². The summed E-state index contributed by atoms with van der Waals surface area (Å²) in [5.41, 5.74) is 2.84. The molecule has 0 amide bonds. The fourth-order valence-electron chi connectivity index (χ4n) is 2.07. The minimum atomic E-state index is 0.232. The Bertz CT molecular complexity index is 351. The molecule has 0 N–H and O–H groups in total. The van der Waals surface area contributed by atoms with Crippen LogP contribution in [0, 0.1) is 12.8 Å². The predicted octanol–water partition coefficient (Wildman–Crippen LogP) is 4.48. The number of allylic oxidation sites excluding steroid dienone is 2. The zero-order valence-electron chi connectivity index (χ0n) is 8.59. The summed E-state index contributed by atoms with van der Waals surface area (Å²) >= 11 is 8.04. The van der Waals surface area contributed by atoms with Crippen LogP contribution in [0.25, 0.3) is 5.57 Å². The lowest BCUT2D eigenvalue weighted by Gasteiger charge is -2.22. The second kappa shape index (κ2) is 4.08. The van der Waals surface area contributed by atoms with E-state index < -0.39 is 0 Å². The van der Waals surface area contributed by atoms with Crippen LogP contribution in [0.4, 0.5) is 0 Å². The first-order valence-electron chi connectivity index (χ1n) is 5.06. The summed E-state index contributed by atoms with van der Waals surface area (Å²) in [5, 5.41) is 2.39. The third kappa shape index (κ3) is 2.04. The van der Waals surface area contributed by atoms with Crippen LogP contribution in [0.5, 0.6) is 0 Å². The van der Waals surface area contributed by atoms with Crippen LogP contribution in [-0.2, 0) is 0 Å². The molecule has 1 aliphatic rings. The number of hydrogen-bond acceptors (Lipinski definition) is 1. The van der Waals surface area contributed by atoms with Crippen LogP contribution in [0.3, 0.4) is 0 Å². The summed E-state index contributed by atoms with van der Waals surface area (Å²) in [7, 11) is 0. The molecule has 2 unspecified atom stereocenters. The fourth-order valence-corrected chi connectivity index (χ4v) is 3.49. The average molecular weight is 227 g/mol. The highest BCUT2D eigenvalue weighted by Gasteiger charge is 2.19. The van der Waals surface area contributed by atoms with E-state index in [0.29, 0.717) is 0 Å². The lowest BCUT2D eigenvalue weighted by Crippen LogP contribution is -2.11. The maximum absolute atomic E-state index is 6.20. The molecule has 1 aliphatic carbocycles. The van der Waals surface area contributed by atoms with E-state index in [1.807, 2.05) is 11.3 Å². The van der Waals surface area contributed by atoms with Crippen LogP contribution in [0.15, 0.2) is 17.5 Å². The Labute approximate surface area is 94.6 Å². The van der Waals surface area contributed by atoms with Gasteiger partial charge in [-0.05, 0) is 48.3 Å². The van der Waals surface area contributed by atoms with Crippen molar-refractivity contribution in [1.82, 2.24) is 0 Å². The molecule has 76 valence electrons. The van der Waals surface area contributed by atoms with Gasteiger partial charge in [0.25, 0.3) is 0 Å². The van der Waals surface area contributed by atoms with Crippen LogP contribution >= 0.6 is 22.9 Å². The summed E-state index contributed by atoms with van der Waals surface area (Å²) in [4.78, 5) is 1.43. The van der Waals surface area contributed by atoms with Gasteiger partial charge in [-0.1, -0.05) is 13.0 Å². The molecule has 0 aliphatic heterocycles. The highest BCUT2D eigenvalue weighted by atomic mass is 35.5. The minimum absolute atomic E-state index is 0.232. The zero-order valence-corrected chi connectivity index (χ0v) is 10.2. The van der Waals surface area contributed by atoms with Gasteiger partial charge in [0.15, 0.2) is 0 Å². The second-order valence-electron chi connectivity index (χ2n) is 4.19. The Balaban J connectivity index is 2.30. The van der Waals surface area contributed by atoms with Gasteiger partial charge >= 0.3 is 0 Å². The van der Waals surface area contributed by atoms with Gasteiger partial charge in [0, 0.05) is 4.88 Å². The molecule has 0 saturated heterocycles. The number of halogens is 1. The van der Waals surface area contributed by atoms with E-state index in [9.17, 15) is 0 Å². The molecule has 0 bridgehead atoms. The maximum Gasteiger partial charge on any atom is 0.0524 e. The van der Waals surface area contributed by atoms with Crippen molar-refractivity contribution >= 4 is 28.5 Å². The second-order valence-corrected chi connectivity index (χ2v) is 5.66. The summed E-state index contributed by atoms with van der Waals surface area (Å²) in [6, 6.07) is 2.18. The molecule has 0 fully saturated rings. The fraction of sp³-hybridized carbons (Fsp3) is 0.500. The Morgan fingerprint density at radius 3 is 2.86 bits per heavy atom. The lowest BCUT2D eigenvalue weighted by atomic mass is 9.88. The van der Waals surface area contributed by atoms with Gasteiger partial charge < -0.3 is 0 Å². The van der Waals surface area contributed by atoms with Crippen molar-refractivity contribution in [3.63, 3.8) is 0 Å². The molecule has 0 spiro atoms. The van der Waals surface area contributed by atoms with Crippen LogP contribution in [0.1, 0.15) is 30.2 Å². The van der Waals surface area contributed by atoms with E-state index in [4.69, 9.17) is 11.6 Å². The summed E-state index contributed by atoms with van der Waals surface area (Å²) < 4.78 is 0. The first-order valence-corrected chi connectivity index (χ1v) is 6.37. The van der Waals surface area contributed by atoms with Crippen LogP contribution in [-0.4, -0.2) is 5.38 Å². The van der Waals surface area contributed by atoms with Crippen molar-refractivity contribution in [3.05, 3.63) is 28.0 Å². The Morgan fingerprint density at radius 2 is 2.29 bits per heavy atom. The number of aryl methyl sites for hydroxylation is 1. The third-order valence-electron chi connectivity index (χ3n) is 2.73. The largest absolute Gasteiger partial charge is 0.144 e. The Morgan fingerprint density at radius 1 is 1.50 bits per heavy atom. The third-order valence-corrected chi connectivity index (χ3v) is 4.13. The summed E-state index contributed by atoms with van der Waals surface area (Å²) in [5.74, 6) is 0.721. The van der Waals surface area contributed by atoms with E-state index in [1.165, 1.54) is 22.4 Å². The average Bonchev–Trinajstić information content (AvgIpc) is 2.49. The Hall–Kier alpha value is -0.270. The molecule has 14 heavy (non-hydrogen) atoms. The van der Waals surface area contributed by atoms with E-state index in [-0.39, 0.29) is 5.38 Å². The molecular weight excluding hydrogens is 212 g/mol. The number of rotatable bonds is 1. The maximum atomic E-state index is 6.20. The standard InChI is InChI=1S/C12H15ClS/c1-8-5-10(7-11(13)6-8)12-9(2)3-4-14-12/h3-4,7-8,11H,5-6H2,1-2H3. The van der Waals surface area contributed by atoms with Gasteiger partial charge in [-0.25, -0.2) is 0 Å². The van der Waals surface area contributed by atoms with E-state index in [2.05, 4.69) is 31.4 Å². The van der Waals surface area contributed by atoms with Crippen molar-refractivity contribution in [2.24, 2.45) is 5.92 Å². The molecule has 2 heteroatoms. The molecule has 1 heterocycles. The monoisotopic (exact) mass is 226 g/mol. The number of hydrogen-bond donors (Lipinski definition) is 0. The van der Waals surface area contributed by atoms with E-state index in [0.717, 1.165) is 12.3 Å². The van der Waals surface area contributed by atoms with Gasteiger partial charge in [0.1, 0.15) is 0 Å². The number of alkyl halides is 1. The smallest absolute Gasteiger partial charge is 0.0524 e. The van der Waals surface area contributed by atoms with Crippen LogP contribution in [0.2, 0.25) is 0 Å². The van der Waals surface area contributed by atoms with Gasteiger partial charge in [-0.3, -0.25) is 0 Å². The van der Waals surface area contributed by atoms with Crippen molar-refractivity contribution in [2.45, 2.75) is 32.1 Å². The summed E-state index contributed by atoms with van der Waals surface area (Å²) in [6.45, 7) is 4.46. The van der Waals surface area contributed by atoms with E-state index in [1.54, 1.807) is 0 Å². The predicted molar refractivity (Wildman–Crippen MR) is 65.1 cm³/mol. The molecule has 0 aromatic carbocycles. The molecular formula is C12H15ClS. The molecule has 0 nitrogen and oxygen atoms in total. The molecule has 0 radical (unpaired) electrons. The van der Waals surface area contributed by atoms with Crippen LogP contribution < -0.4 is 0 Å². The molecule has 2 rings (SSSR count). The molecule has 0 saturated carbocycles. The van der Waals surface area contributed by atoms with Gasteiger partial charge in [0.05, 0.1) is 5.38 Å². The van der Waals surface area contributed by atoms with Crippen molar-refractivity contribution in [1.29, 1.82) is 0 Å². The van der Waals surface area contributed by atoms with Gasteiger partial charge in [-0.15, -0.1) is 22.9 Å². The van der Waals surface area contributed by atoms with Crippen molar-refractivity contribution in [3.8, 4) is 0 Å². The summed E-state index contributed by atoms with van der Waals surface area (Å²) in [6.07, 6.45) is 4.54. The lowest BCUT2D eigenvalue weighted by molar-refractivity contribution is 0.540. The zero-order chi connectivity index (χ0) is 10.1. The van der Waals surface area contributed by atoms with Crippen molar-refractivity contribution in [2.75, 3.05) is 0 Å². The SMILES string of the molecule is Cc1ccsc1C1=CC(Cl)CC(C)C1. The van der Waals surface area contributed by atoms with E-state index >= 15 is 0 Å². The highest BCUT2D eigenvalue weighted by molar-refractivity contribution is 7.11. The first-order chi connectivity index (χ1) is 6.66. The first kappa shape index (κ1) is 10.3. The molecule has 1 aromatic heterocycles. The Kier molecular flexibility index (Phi) is 2.99. The highest BCUT2D eigenvalue weighted by Crippen LogP contribution is 2.36. The van der Waals surface area contributed by atoms with Crippen molar-refractivity contribution < 1.29 is 0 Å². The quantitative estimate of drug-likeness (QED) is 0.620. The molecule has 2 atom stereocenters. The normalized spacial score (nSPS) is 27.5. The minimum Gasteiger partial charge on any atom is -0.144 e. The van der Waals surface area contributed by atoms with Gasteiger partial charge in [-0.2, -0.15) is 0 Å². The number of thiophene rings is 1.